The number of carbonyl (C=O) groups excluding carboxylic acids is 2. The molecule has 53 heavy (non-hydrogen) atoms. The van der Waals surface area contributed by atoms with E-state index in [0.717, 1.165) is 32.8 Å². The van der Waals surface area contributed by atoms with E-state index in [1.54, 1.807) is 0 Å². The molecule has 0 atom stereocenters. The molecule has 0 saturated carbocycles. The fraction of sp³-hybridized carbons (Fsp3) is 0.405. The maximum absolute atomic E-state index is 13.1. The molecule has 6 rings (SSSR count). The number of para-hydroxylation sites is 2. The van der Waals surface area contributed by atoms with Crippen molar-refractivity contribution >= 4 is 67.6 Å². The number of hydrogen-bond donors (Lipinski definition) is 6. The molecule has 16 nitrogen and oxygen atoms in total. The lowest BCUT2D eigenvalue weighted by molar-refractivity contribution is 0.124. The minimum Gasteiger partial charge on any atom is -0.382 e. The Bertz CT molecular complexity index is 2140. The van der Waals surface area contributed by atoms with Gasteiger partial charge in [-0.15, -0.1) is 0 Å². The standard InChI is InChI=1S/C37H48N12O4/c1-7-52-17-26-44-28-30(22-13-9-11-15-24(22)42-32(28)38)48(26)19-36(3,4)46-34(50)40-21-41-35(51)47-37(5,6)20-49-27(18-53-8-2)45-29-31(49)23-14-10-12-16-25(23)43-33(29)39/h9-16H,7-8,17-21H2,1-6H3,(H2,38,42)(H2,39,43)(H2,40,46,50)(H2,41,47,51). The molecule has 0 bridgehead atoms. The lowest BCUT2D eigenvalue weighted by atomic mass is 10.1. The van der Waals surface area contributed by atoms with E-state index in [0.29, 0.717) is 60.6 Å². The van der Waals surface area contributed by atoms with Crippen LogP contribution in [0.15, 0.2) is 48.5 Å². The third kappa shape index (κ3) is 8.03. The molecule has 4 heterocycles. The quantitative estimate of drug-likeness (QED) is 0.0863. The molecule has 6 aromatic rings. The van der Waals surface area contributed by atoms with E-state index in [-0.39, 0.29) is 19.9 Å². The zero-order chi connectivity index (χ0) is 37.9. The van der Waals surface area contributed by atoms with Crippen molar-refractivity contribution in [2.45, 2.75) is 78.9 Å². The summed E-state index contributed by atoms with van der Waals surface area (Å²) in [5, 5.41) is 13.3. The highest BCUT2D eigenvalue weighted by Crippen LogP contribution is 2.32. The fourth-order valence-corrected chi connectivity index (χ4v) is 6.53. The van der Waals surface area contributed by atoms with Gasteiger partial charge in [0.15, 0.2) is 11.6 Å². The van der Waals surface area contributed by atoms with Crippen LogP contribution in [0.25, 0.3) is 43.9 Å². The van der Waals surface area contributed by atoms with E-state index >= 15 is 0 Å². The van der Waals surface area contributed by atoms with Crippen molar-refractivity contribution < 1.29 is 19.1 Å². The average Bonchev–Trinajstić information content (AvgIpc) is 3.64. The number of urea groups is 2. The van der Waals surface area contributed by atoms with Gasteiger partial charge in [0.1, 0.15) is 35.9 Å². The van der Waals surface area contributed by atoms with Crippen LogP contribution in [0.1, 0.15) is 53.2 Å². The smallest absolute Gasteiger partial charge is 0.316 e. The lowest BCUT2D eigenvalue weighted by Gasteiger charge is -2.29. The summed E-state index contributed by atoms with van der Waals surface area (Å²) in [6, 6.07) is 14.5. The molecule has 0 fully saturated rings. The minimum absolute atomic E-state index is 0.114. The Morgan fingerprint density at radius 1 is 0.660 bits per heavy atom. The van der Waals surface area contributed by atoms with E-state index in [4.69, 9.17) is 30.9 Å². The third-order valence-corrected chi connectivity index (χ3v) is 8.76. The first-order chi connectivity index (χ1) is 25.3. The number of nitrogens with one attached hydrogen (secondary N) is 4. The molecule has 0 aliphatic rings. The van der Waals surface area contributed by atoms with Crippen molar-refractivity contribution in [3.63, 3.8) is 0 Å². The molecule has 8 N–H and O–H groups in total. The second-order valence-electron chi connectivity index (χ2n) is 14.1. The van der Waals surface area contributed by atoms with E-state index < -0.39 is 23.1 Å². The zero-order valence-corrected chi connectivity index (χ0v) is 31.0. The number of amides is 4. The summed E-state index contributed by atoms with van der Waals surface area (Å²) in [6.45, 7) is 13.6. The molecule has 4 aromatic heterocycles. The maximum Gasteiger partial charge on any atom is 0.316 e. The van der Waals surface area contributed by atoms with Crippen LogP contribution >= 0.6 is 0 Å². The number of nitrogens with two attached hydrogens (primary N) is 2. The monoisotopic (exact) mass is 724 g/mol. The van der Waals surface area contributed by atoms with Crippen LogP contribution < -0.4 is 32.7 Å². The highest BCUT2D eigenvalue weighted by Gasteiger charge is 2.28. The predicted molar refractivity (Wildman–Crippen MR) is 206 cm³/mol. The van der Waals surface area contributed by atoms with Gasteiger partial charge < -0.3 is 51.3 Å². The SMILES string of the molecule is CCOCc1nc2c(N)nc3ccccc3c2n1CC(C)(C)NC(=O)NCNC(=O)NC(C)(C)Cn1c(COCC)nc2c(N)nc3ccccc3c21. The van der Waals surface area contributed by atoms with Gasteiger partial charge in [0.05, 0.1) is 39.8 Å². The Kier molecular flexibility index (Phi) is 10.5. The molecular formula is C37H48N12O4. The number of anilines is 2. The maximum atomic E-state index is 13.1. The first-order valence-electron chi connectivity index (χ1n) is 17.6. The predicted octanol–water partition coefficient (Wildman–Crippen LogP) is 4.53. The van der Waals surface area contributed by atoms with Gasteiger partial charge in [0, 0.05) is 37.1 Å². The molecule has 16 heteroatoms. The zero-order valence-electron chi connectivity index (χ0n) is 31.0. The summed E-state index contributed by atoms with van der Waals surface area (Å²) in [5.41, 5.74) is 15.5. The van der Waals surface area contributed by atoms with Crippen molar-refractivity contribution in [2.75, 3.05) is 31.3 Å². The summed E-state index contributed by atoms with van der Waals surface area (Å²) in [6.07, 6.45) is 0. The first kappa shape index (κ1) is 37.0. The molecule has 0 aliphatic heterocycles. The van der Waals surface area contributed by atoms with Crippen LogP contribution in [-0.2, 0) is 35.8 Å². The van der Waals surface area contributed by atoms with Crippen LogP contribution in [0.2, 0.25) is 0 Å². The number of nitrogen functional groups attached to an aromatic ring is 2. The summed E-state index contributed by atoms with van der Waals surface area (Å²) < 4.78 is 15.5. The largest absolute Gasteiger partial charge is 0.382 e. The Labute approximate surface area is 307 Å². The fourth-order valence-electron chi connectivity index (χ4n) is 6.53. The van der Waals surface area contributed by atoms with Crippen LogP contribution in [0.4, 0.5) is 21.2 Å². The molecule has 280 valence electrons. The highest BCUT2D eigenvalue weighted by molar-refractivity contribution is 6.07. The normalized spacial score (nSPS) is 12.2. The number of pyridine rings is 2. The van der Waals surface area contributed by atoms with Crippen molar-refractivity contribution in [2.24, 2.45) is 0 Å². The molecule has 2 aromatic carbocycles. The number of fused-ring (bicyclic) bond motifs is 6. The molecule has 0 saturated heterocycles. The van der Waals surface area contributed by atoms with Crippen LogP contribution in [0.3, 0.4) is 0 Å². The van der Waals surface area contributed by atoms with Gasteiger partial charge in [-0.25, -0.2) is 29.5 Å². The number of aromatic nitrogens is 6. The number of nitrogens with zero attached hydrogens (tertiary/aromatic N) is 6. The third-order valence-electron chi connectivity index (χ3n) is 8.76. The van der Waals surface area contributed by atoms with Crippen LogP contribution in [-0.4, -0.2) is 72.1 Å². The topological polar surface area (TPSA) is 214 Å². The summed E-state index contributed by atoms with van der Waals surface area (Å²) in [5.74, 6) is 1.99. The molecule has 0 spiro atoms. The Morgan fingerprint density at radius 2 is 1.06 bits per heavy atom. The molecular weight excluding hydrogens is 676 g/mol. The van der Waals surface area contributed by atoms with E-state index in [2.05, 4.69) is 31.2 Å². The summed E-state index contributed by atoms with van der Waals surface area (Å²) >= 11 is 0. The van der Waals surface area contributed by atoms with Gasteiger partial charge in [-0.2, -0.15) is 0 Å². The van der Waals surface area contributed by atoms with E-state index in [1.807, 2.05) is 99.2 Å². The van der Waals surface area contributed by atoms with Gasteiger partial charge in [0.25, 0.3) is 0 Å². The number of ether oxygens (including phenoxy) is 2. The minimum atomic E-state index is -0.752. The number of hydrogen-bond acceptors (Lipinski definition) is 10. The first-order valence-corrected chi connectivity index (χ1v) is 17.6. The van der Waals surface area contributed by atoms with Crippen LogP contribution in [0, 0.1) is 0 Å². The van der Waals surface area contributed by atoms with E-state index in [1.165, 1.54) is 0 Å². The number of imidazole rings is 2. The molecule has 0 radical (unpaired) electrons. The Balaban J connectivity index is 1.11. The van der Waals surface area contributed by atoms with Crippen molar-refractivity contribution in [3.05, 3.63) is 60.2 Å². The Morgan fingerprint density at radius 3 is 1.45 bits per heavy atom. The second-order valence-corrected chi connectivity index (χ2v) is 14.1. The lowest BCUT2D eigenvalue weighted by Crippen LogP contribution is -2.55. The number of benzene rings is 2. The highest BCUT2D eigenvalue weighted by atomic mass is 16.5. The van der Waals surface area contributed by atoms with Gasteiger partial charge in [0.2, 0.25) is 0 Å². The molecule has 0 aliphatic carbocycles. The average molecular weight is 725 g/mol. The van der Waals surface area contributed by atoms with Gasteiger partial charge in [-0.05, 0) is 53.7 Å². The van der Waals surface area contributed by atoms with Gasteiger partial charge in [-0.1, -0.05) is 36.4 Å². The van der Waals surface area contributed by atoms with Gasteiger partial charge in [-0.3, -0.25) is 0 Å². The number of carbonyl (C=O) groups is 2. The van der Waals surface area contributed by atoms with E-state index in [9.17, 15) is 9.59 Å². The van der Waals surface area contributed by atoms with Crippen LogP contribution in [0.5, 0.6) is 0 Å². The molecule has 4 amide bonds. The van der Waals surface area contributed by atoms with Crippen molar-refractivity contribution in [1.29, 1.82) is 0 Å². The molecule has 0 unspecified atom stereocenters. The summed E-state index contributed by atoms with van der Waals surface area (Å²) in [7, 11) is 0. The van der Waals surface area contributed by atoms with Crippen molar-refractivity contribution in [1.82, 2.24) is 50.3 Å². The van der Waals surface area contributed by atoms with Crippen molar-refractivity contribution in [3.8, 4) is 0 Å². The Hall–Kier alpha value is -5.74. The number of rotatable bonds is 14. The van der Waals surface area contributed by atoms with Gasteiger partial charge >= 0.3 is 12.1 Å². The second kappa shape index (κ2) is 15.1. The summed E-state index contributed by atoms with van der Waals surface area (Å²) in [4.78, 5) is 44.9.